The number of fused-ring (bicyclic) bond motifs is 1. The first kappa shape index (κ1) is 13.5. The van der Waals surface area contributed by atoms with Gasteiger partial charge < -0.3 is 10.6 Å². The fraction of sp³-hybridized carbons (Fsp3) is 0.176. The summed E-state index contributed by atoms with van der Waals surface area (Å²) in [6.45, 7) is 1.99. The zero-order valence-corrected chi connectivity index (χ0v) is 12.1. The average Bonchev–Trinajstić information content (AvgIpc) is 2.60. The van der Waals surface area contributed by atoms with Gasteiger partial charge in [0.1, 0.15) is 0 Å². The number of aryl methyl sites for hydroxylation is 1. The molecule has 3 rings (SSSR count). The largest absolute Gasteiger partial charge is 0.312 e. The molecular formula is C17H17N3O. The zero-order chi connectivity index (χ0) is 15.0. The third-order valence-corrected chi connectivity index (χ3v) is 3.73. The second-order valence-corrected chi connectivity index (χ2v) is 5.16. The van der Waals surface area contributed by atoms with Crippen LogP contribution in [-0.4, -0.2) is 24.8 Å². The van der Waals surface area contributed by atoms with Crippen molar-refractivity contribution in [3.63, 3.8) is 0 Å². The number of hydrogen-bond donors (Lipinski definition) is 1. The molecule has 0 unspecified atom stereocenters. The normalized spacial score (nSPS) is 18.0. The van der Waals surface area contributed by atoms with Crippen LogP contribution in [0.1, 0.15) is 16.7 Å². The Kier molecular flexibility index (Phi) is 3.31. The lowest BCUT2D eigenvalue weighted by Crippen LogP contribution is -2.40. The molecule has 0 saturated carbocycles. The molecule has 0 bridgehead atoms. The van der Waals surface area contributed by atoms with Crippen LogP contribution in [-0.2, 0) is 4.79 Å². The highest BCUT2D eigenvalue weighted by Gasteiger charge is 2.28. The molecule has 1 aliphatic rings. The van der Waals surface area contributed by atoms with E-state index in [0.29, 0.717) is 0 Å². The van der Waals surface area contributed by atoms with Crippen LogP contribution in [0.4, 0.5) is 5.69 Å². The summed E-state index contributed by atoms with van der Waals surface area (Å²) < 4.78 is 0. The van der Waals surface area contributed by atoms with Gasteiger partial charge in [-0.3, -0.25) is 9.79 Å². The van der Waals surface area contributed by atoms with Crippen molar-refractivity contribution >= 4 is 17.3 Å². The van der Waals surface area contributed by atoms with Gasteiger partial charge >= 0.3 is 0 Å². The Morgan fingerprint density at radius 3 is 2.52 bits per heavy atom. The first-order chi connectivity index (χ1) is 10.1. The molecule has 0 radical (unpaired) electrons. The van der Waals surface area contributed by atoms with Crippen molar-refractivity contribution < 1.29 is 4.79 Å². The summed E-state index contributed by atoms with van der Waals surface area (Å²) in [5.41, 5.74) is 10.5. The summed E-state index contributed by atoms with van der Waals surface area (Å²) >= 11 is 0. The smallest absolute Gasteiger partial charge is 0.266 e. The van der Waals surface area contributed by atoms with E-state index < -0.39 is 6.17 Å². The fourth-order valence-corrected chi connectivity index (χ4v) is 2.69. The number of benzodiazepines with no additional fused rings is 1. The molecule has 1 heterocycles. The van der Waals surface area contributed by atoms with Crippen molar-refractivity contribution in [1.82, 2.24) is 0 Å². The molecular weight excluding hydrogens is 262 g/mol. The number of carbonyl (C=O) groups excluding carboxylic acids is 1. The first-order valence-corrected chi connectivity index (χ1v) is 6.86. The van der Waals surface area contributed by atoms with Crippen molar-refractivity contribution in [2.45, 2.75) is 13.1 Å². The lowest BCUT2D eigenvalue weighted by Gasteiger charge is -2.21. The maximum absolute atomic E-state index is 12.3. The zero-order valence-electron chi connectivity index (χ0n) is 12.1. The lowest BCUT2D eigenvalue weighted by molar-refractivity contribution is -0.119. The number of rotatable bonds is 1. The van der Waals surface area contributed by atoms with Crippen molar-refractivity contribution in [2.24, 2.45) is 10.7 Å². The molecule has 4 nitrogen and oxygen atoms in total. The molecule has 2 aromatic carbocycles. The van der Waals surface area contributed by atoms with Gasteiger partial charge in [0.25, 0.3) is 5.91 Å². The molecule has 0 aliphatic carbocycles. The summed E-state index contributed by atoms with van der Waals surface area (Å²) in [6, 6.07) is 15.8. The molecule has 2 N–H and O–H groups in total. The topological polar surface area (TPSA) is 58.7 Å². The predicted octanol–water partition coefficient (Wildman–Crippen LogP) is 2.09. The number of nitrogens with zero attached hydrogens (tertiary/aromatic N) is 2. The third kappa shape index (κ3) is 2.23. The van der Waals surface area contributed by atoms with E-state index in [-0.39, 0.29) is 5.91 Å². The number of nitrogens with two attached hydrogens (primary N) is 1. The van der Waals surface area contributed by atoms with Crippen molar-refractivity contribution in [3.05, 3.63) is 65.2 Å². The lowest BCUT2D eigenvalue weighted by atomic mass is 9.98. The van der Waals surface area contributed by atoms with Crippen LogP contribution in [0.5, 0.6) is 0 Å². The van der Waals surface area contributed by atoms with Gasteiger partial charge in [-0.15, -0.1) is 0 Å². The number of likely N-dealkylation sites (N-methyl/N-ethyl adjacent to an activating group) is 1. The molecule has 0 aromatic heterocycles. The van der Waals surface area contributed by atoms with E-state index in [0.717, 1.165) is 28.1 Å². The van der Waals surface area contributed by atoms with E-state index in [1.54, 1.807) is 11.9 Å². The molecule has 21 heavy (non-hydrogen) atoms. The van der Waals surface area contributed by atoms with Crippen molar-refractivity contribution in [3.8, 4) is 0 Å². The second-order valence-electron chi connectivity index (χ2n) is 5.16. The van der Waals surface area contributed by atoms with Crippen LogP contribution in [0.15, 0.2) is 53.5 Å². The maximum atomic E-state index is 12.3. The summed E-state index contributed by atoms with van der Waals surface area (Å²) in [5, 5.41) is 0. The molecule has 0 saturated heterocycles. The summed E-state index contributed by atoms with van der Waals surface area (Å²) in [4.78, 5) is 18.4. The summed E-state index contributed by atoms with van der Waals surface area (Å²) in [7, 11) is 1.75. The fourth-order valence-electron chi connectivity index (χ4n) is 2.69. The van der Waals surface area contributed by atoms with Gasteiger partial charge in [-0.05, 0) is 12.5 Å². The van der Waals surface area contributed by atoms with E-state index >= 15 is 0 Å². The Balaban J connectivity index is 2.29. The molecule has 1 aliphatic heterocycles. The average molecular weight is 279 g/mol. The third-order valence-electron chi connectivity index (χ3n) is 3.73. The van der Waals surface area contributed by atoms with Crippen LogP contribution in [0.3, 0.4) is 0 Å². The number of hydrogen-bond acceptors (Lipinski definition) is 3. The van der Waals surface area contributed by atoms with E-state index in [1.165, 1.54) is 0 Å². The highest BCUT2D eigenvalue weighted by Crippen LogP contribution is 2.29. The number of aliphatic imine (C=N–C) groups is 1. The highest BCUT2D eigenvalue weighted by atomic mass is 16.2. The van der Waals surface area contributed by atoms with Crippen molar-refractivity contribution in [2.75, 3.05) is 11.9 Å². The molecule has 0 fully saturated rings. The molecule has 1 amide bonds. The van der Waals surface area contributed by atoms with Crippen LogP contribution in [0.2, 0.25) is 0 Å². The minimum absolute atomic E-state index is 0.198. The van der Waals surface area contributed by atoms with Gasteiger partial charge in [-0.2, -0.15) is 0 Å². The monoisotopic (exact) mass is 279 g/mol. The standard InChI is InChI=1S/C17H17N3O/c1-11-7-6-10-13-14(12-8-4-3-5-9-12)19-16(18)17(21)20(2)15(11)13/h3-10,16H,18H2,1-2H3/t16-/m1/s1. The number of anilines is 1. The summed E-state index contributed by atoms with van der Waals surface area (Å²) in [6.07, 6.45) is -0.878. The van der Waals surface area contributed by atoms with Crippen LogP contribution >= 0.6 is 0 Å². The molecule has 4 heteroatoms. The van der Waals surface area contributed by atoms with E-state index in [2.05, 4.69) is 4.99 Å². The first-order valence-electron chi connectivity index (χ1n) is 6.86. The Hall–Kier alpha value is -2.46. The molecule has 2 aromatic rings. The molecule has 106 valence electrons. The SMILES string of the molecule is Cc1cccc2c1N(C)C(=O)[C@H](N)N=C2c1ccccc1. The second kappa shape index (κ2) is 5.14. The highest BCUT2D eigenvalue weighted by molar-refractivity contribution is 6.20. The van der Waals surface area contributed by atoms with Gasteiger partial charge in [0.15, 0.2) is 6.17 Å². The van der Waals surface area contributed by atoms with Crippen LogP contribution in [0.25, 0.3) is 0 Å². The van der Waals surface area contributed by atoms with Crippen LogP contribution < -0.4 is 10.6 Å². The molecule has 0 spiro atoms. The Bertz CT molecular complexity index is 722. The Labute approximate surface area is 123 Å². The minimum Gasteiger partial charge on any atom is -0.312 e. The maximum Gasteiger partial charge on any atom is 0.266 e. The van der Waals surface area contributed by atoms with E-state index in [9.17, 15) is 4.79 Å². The van der Waals surface area contributed by atoms with Gasteiger partial charge in [0, 0.05) is 18.2 Å². The Morgan fingerprint density at radius 1 is 1.10 bits per heavy atom. The quantitative estimate of drug-likeness (QED) is 0.869. The van der Waals surface area contributed by atoms with Crippen LogP contribution in [0, 0.1) is 6.92 Å². The van der Waals surface area contributed by atoms with Gasteiger partial charge in [0.05, 0.1) is 11.4 Å². The van der Waals surface area contributed by atoms with Gasteiger partial charge in [-0.25, -0.2) is 0 Å². The van der Waals surface area contributed by atoms with Gasteiger partial charge in [-0.1, -0.05) is 48.5 Å². The minimum atomic E-state index is -0.878. The van der Waals surface area contributed by atoms with E-state index in [4.69, 9.17) is 5.73 Å². The predicted molar refractivity (Wildman–Crippen MR) is 84.6 cm³/mol. The number of benzene rings is 2. The summed E-state index contributed by atoms with van der Waals surface area (Å²) in [5.74, 6) is -0.198. The Morgan fingerprint density at radius 2 is 1.81 bits per heavy atom. The number of carbonyl (C=O) groups is 1. The van der Waals surface area contributed by atoms with Crippen molar-refractivity contribution in [1.29, 1.82) is 0 Å². The number of amides is 1. The van der Waals surface area contributed by atoms with E-state index in [1.807, 2.05) is 55.5 Å². The van der Waals surface area contributed by atoms with Gasteiger partial charge in [0.2, 0.25) is 0 Å². The molecule has 1 atom stereocenters. The number of para-hydroxylation sites is 1.